The van der Waals surface area contributed by atoms with Crippen LogP contribution in [-0.2, 0) is 3.83 Å². The standard InChI is InChI=1S/Na.H2O3Se.H2O/c;1-4(2)3;/h;(H2,1,2,3);1H2. The molecule has 0 aromatic carbocycles. The molecule has 4 nitrogen and oxygen atoms in total. The Bertz CT molecular complexity index is 30.5. The van der Waals surface area contributed by atoms with Crippen LogP contribution in [0, 0.1) is 0 Å². The second-order valence-corrected chi connectivity index (χ2v) is 1.20. The van der Waals surface area contributed by atoms with Crippen LogP contribution in [0.3, 0.4) is 0 Å². The van der Waals surface area contributed by atoms with Crippen molar-refractivity contribution < 1.29 is 17.7 Å². The fraction of sp³-hybridized carbons (Fsp3) is 0. The van der Waals surface area contributed by atoms with Gasteiger partial charge in [0, 0.05) is 29.6 Å². The molecule has 0 rings (SSSR count). The second kappa shape index (κ2) is 9.50. The zero-order chi connectivity index (χ0) is 3.58. The molecule has 0 heterocycles. The Kier molecular flexibility index (Phi) is 24.9. The van der Waals surface area contributed by atoms with Crippen molar-refractivity contribution in [3.05, 3.63) is 0 Å². The monoisotopic (exact) mass is 171 g/mol. The van der Waals surface area contributed by atoms with Gasteiger partial charge in [0.05, 0.1) is 0 Å². The van der Waals surface area contributed by atoms with Crippen LogP contribution in [-0.4, -0.2) is 57.9 Å². The molecule has 0 spiro atoms. The molecule has 0 amide bonds. The molecule has 1 radical (unpaired) electrons. The molecule has 0 atom stereocenters. The minimum absolute atomic E-state index is 0. The summed E-state index contributed by atoms with van der Waals surface area (Å²) >= 11 is -3.29. The molecule has 0 saturated heterocycles. The van der Waals surface area contributed by atoms with Crippen LogP contribution in [0.5, 0.6) is 0 Å². The van der Waals surface area contributed by atoms with E-state index in [0.717, 1.165) is 0 Å². The van der Waals surface area contributed by atoms with Gasteiger partial charge in [0.1, 0.15) is 0 Å². The van der Waals surface area contributed by atoms with E-state index in [1.807, 2.05) is 0 Å². The van der Waals surface area contributed by atoms with Gasteiger partial charge in [-0.25, -0.2) is 0 Å². The van der Waals surface area contributed by atoms with Gasteiger partial charge in [-0.3, -0.25) is 0 Å². The molecule has 0 aliphatic heterocycles. The van der Waals surface area contributed by atoms with Crippen molar-refractivity contribution >= 4 is 44.0 Å². The van der Waals surface area contributed by atoms with Crippen molar-refractivity contribution in [3.8, 4) is 0 Å². The van der Waals surface area contributed by atoms with Gasteiger partial charge in [0.25, 0.3) is 0 Å². The van der Waals surface area contributed by atoms with Crippen LogP contribution in [0.2, 0.25) is 0 Å². The summed E-state index contributed by atoms with van der Waals surface area (Å²) in [6.07, 6.45) is 0. The number of hydrogen-bond acceptors (Lipinski definition) is 1. The average molecular weight is 170 g/mol. The predicted molar refractivity (Wildman–Crippen MR) is 20.2 cm³/mol. The molecule has 0 unspecified atom stereocenters. The Labute approximate surface area is 61.5 Å². The molecular weight excluding hydrogens is 166 g/mol. The van der Waals surface area contributed by atoms with Crippen LogP contribution in [0.15, 0.2) is 0 Å². The number of rotatable bonds is 0. The molecule has 35 valence electrons. The summed E-state index contributed by atoms with van der Waals surface area (Å²) in [7, 11) is 0. The summed E-state index contributed by atoms with van der Waals surface area (Å²) in [5.41, 5.74) is 0. The van der Waals surface area contributed by atoms with E-state index in [0.29, 0.717) is 0 Å². The van der Waals surface area contributed by atoms with E-state index in [9.17, 15) is 0 Å². The molecule has 0 aliphatic carbocycles. The van der Waals surface area contributed by atoms with Gasteiger partial charge in [-0.05, 0) is 0 Å². The van der Waals surface area contributed by atoms with Crippen molar-refractivity contribution in [2.45, 2.75) is 0 Å². The van der Waals surface area contributed by atoms with Crippen molar-refractivity contribution in [2.24, 2.45) is 0 Å². The Morgan fingerprint density at radius 3 is 1.33 bits per heavy atom. The van der Waals surface area contributed by atoms with Gasteiger partial charge < -0.3 is 5.48 Å². The summed E-state index contributed by atoms with van der Waals surface area (Å²) in [6, 6.07) is 0. The van der Waals surface area contributed by atoms with Crippen LogP contribution in [0.1, 0.15) is 0 Å². The van der Waals surface area contributed by atoms with E-state index in [2.05, 4.69) is 0 Å². The SMILES string of the molecule is O.O=[Se](O)O.[Na]. The maximum Gasteiger partial charge on any atom is 0 e. The molecule has 0 aliphatic rings. The third-order valence-corrected chi connectivity index (χ3v) is 0. The third-order valence-electron chi connectivity index (χ3n) is 0. The first-order valence-corrected chi connectivity index (χ1v) is 2.76. The van der Waals surface area contributed by atoms with Crippen LogP contribution >= 0.6 is 0 Å². The largest absolute Gasteiger partial charge is 0 e. The van der Waals surface area contributed by atoms with Crippen molar-refractivity contribution in [1.29, 1.82) is 0 Å². The van der Waals surface area contributed by atoms with E-state index in [-0.39, 0.29) is 35.0 Å². The topological polar surface area (TPSA) is 89.0 Å². The first kappa shape index (κ1) is 15.7. The second-order valence-electron chi connectivity index (χ2n) is 0.231. The zero-order valence-electron chi connectivity index (χ0n) is 3.21. The van der Waals surface area contributed by atoms with E-state index in [1.165, 1.54) is 0 Å². The summed E-state index contributed by atoms with van der Waals surface area (Å²) in [5.74, 6) is 0. The fourth-order valence-electron chi connectivity index (χ4n) is 0. The summed E-state index contributed by atoms with van der Waals surface area (Å²) < 4.78 is 23.1. The van der Waals surface area contributed by atoms with Gasteiger partial charge in [-0.1, -0.05) is 0 Å². The molecule has 0 aromatic rings. The quantitative estimate of drug-likeness (QED) is 0.384. The van der Waals surface area contributed by atoms with Crippen LogP contribution in [0.4, 0.5) is 0 Å². The van der Waals surface area contributed by atoms with E-state index < -0.39 is 14.5 Å². The van der Waals surface area contributed by atoms with Crippen molar-refractivity contribution in [1.82, 2.24) is 0 Å². The predicted octanol–water partition coefficient (Wildman–Crippen LogP) is -2.82. The van der Waals surface area contributed by atoms with Gasteiger partial charge in [0.2, 0.25) is 0 Å². The summed E-state index contributed by atoms with van der Waals surface area (Å²) in [4.78, 5) is 0. The Morgan fingerprint density at radius 2 is 1.33 bits per heavy atom. The average Bonchev–Trinajstić information content (AvgIpc) is 0.811. The van der Waals surface area contributed by atoms with Crippen LogP contribution < -0.4 is 0 Å². The molecule has 6 heteroatoms. The first-order valence-electron chi connectivity index (χ1n) is 0.532. The molecule has 0 aromatic heterocycles. The van der Waals surface area contributed by atoms with E-state index in [4.69, 9.17) is 12.2 Å². The maximum absolute atomic E-state index is 8.76. The molecule has 0 bridgehead atoms. The Hall–Kier alpha value is 1.20. The van der Waals surface area contributed by atoms with Gasteiger partial charge in [-0.2, -0.15) is 0 Å². The molecule has 6 heavy (non-hydrogen) atoms. The number of hydrogen-bond donors (Lipinski definition) is 2. The summed E-state index contributed by atoms with van der Waals surface area (Å²) in [5, 5.41) is 0. The molecule has 4 N–H and O–H groups in total. The molecule has 0 saturated carbocycles. The molecular formula is H4NaO4Se. The van der Waals surface area contributed by atoms with Gasteiger partial charge in [-0.15, -0.1) is 0 Å². The smallest absolute Gasteiger partial charge is 0 e. The zero-order valence-corrected chi connectivity index (χ0v) is 6.92. The van der Waals surface area contributed by atoms with E-state index in [1.54, 1.807) is 0 Å². The minimum Gasteiger partial charge on any atom is 0 e. The Balaban J connectivity index is -0.0000000450. The van der Waals surface area contributed by atoms with Gasteiger partial charge in [0.15, 0.2) is 0 Å². The first-order chi connectivity index (χ1) is 1.73. The van der Waals surface area contributed by atoms with E-state index >= 15 is 0 Å². The van der Waals surface area contributed by atoms with Crippen molar-refractivity contribution in [3.63, 3.8) is 0 Å². The Morgan fingerprint density at radius 1 is 1.33 bits per heavy atom. The fourth-order valence-corrected chi connectivity index (χ4v) is 0. The third kappa shape index (κ3) is 63.7. The van der Waals surface area contributed by atoms with Crippen LogP contribution in [0.25, 0.3) is 0 Å². The minimum atomic E-state index is -3.29. The molecule has 0 fully saturated rings. The normalized spacial score (nSPS) is 5.83. The van der Waals surface area contributed by atoms with Crippen molar-refractivity contribution in [2.75, 3.05) is 0 Å². The maximum atomic E-state index is 8.76. The van der Waals surface area contributed by atoms with Gasteiger partial charge >= 0.3 is 26.7 Å². The summed E-state index contributed by atoms with van der Waals surface area (Å²) in [6.45, 7) is 0.